The molecular formula is C16H15F2NO5S. The molecule has 2 aromatic carbocycles. The number of sulfonamides is 1. The molecule has 0 atom stereocenters. The summed E-state index contributed by atoms with van der Waals surface area (Å²) in [7, 11) is -3.90. The van der Waals surface area contributed by atoms with Gasteiger partial charge >= 0.3 is 0 Å². The molecule has 6 nitrogen and oxygen atoms in total. The van der Waals surface area contributed by atoms with Gasteiger partial charge in [0.25, 0.3) is 5.91 Å². The average Bonchev–Trinajstić information content (AvgIpc) is 2.51. The summed E-state index contributed by atoms with van der Waals surface area (Å²) < 4.78 is 62.1. The molecule has 0 spiro atoms. The molecule has 0 aliphatic carbocycles. The summed E-state index contributed by atoms with van der Waals surface area (Å²) in [5.41, 5.74) is -0.748. The van der Waals surface area contributed by atoms with Crippen molar-refractivity contribution in [3.8, 4) is 17.2 Å². The molecule has 0 saturated heterocycles. The fraction of sp³-hybridized carbons (Fsp3) is 0.188. The van der Waals surface area contributed by atoms with Crippen LogP contribution in [0.3, 0.4) is 0 Å². The van der Waals surface area contributed by atoms with Gasteiger partial charge in [0, 0.05) is 6.07 Å². The number of hydrogen-bond acceptors (Lipinski definition) is 5. The Bertz CT molecular complexity index is 882. The monoisotopic (exact) mass is 371 g/mol. The Kier molecular flexibility index (Phi) is 5.58. The summed E-state index contributed by atoms with van der Waals surface area (Å²) in [5.74, 6) is -3.04. The molecule has 134 valence electrons. The van der Waals surface area contributed by atoms with E-state index in [1.165, 1.54) is 12.1 Å². The van der Waals surface area contributed by atoms with Crippen LogP contribution in [0.4, 0.5) is 8.78 Å². The minimum Gasteiger partial charge on any atom is -0.494 e. The number of rotatable bonds is 6. The van der Waals surface area contributed by atoms with Crippen molar-refractivity contribution >= 4 is 15.9 Å². The van der Waals surface area contributed by atoms with E-state index in [0.717, 1.165) is 6.26 Å². The van der Waals surface area contributed by atoms with Gasteiger partial charge < -0.3 is 9.47 Å². The van der Waals surface area contributed by atoms with E-state index in [4.69, 9.17) is 9.47 Å². The molecule has 0 fully saturated rings. The third-order valence-corrected chi connectivity index (χ3v) is 3.46. The van der Waals surface area contributed by atoms with Gasteiger partial charge in [0.1, 0.15) is 17.3 Å². The molecule has 0 aliphatic rings. The maximum Gasteiger partial charge on any atom is 0.267 e. The number of benzene rings is 2. The predicted molar refractivity (Wildman–Crippen MR) is 86.4 cm³/mol. The Morgan fingerprint density at radius 2 is 1.68 bits per heavy atom. The Morgan fingerprint density at radius 1 is 1.08 bits per heavy atom. The topological polar surface area (TPSA) is 81.7 Å². The zero-order chi connectivity index (χ0) is 18.6. The summed E-state index contributed by atoms with van der Waals surface area (Å²) in [6, 6.07) is 7.45. The quantitative estimate of drug-likeness (QED) is 0.844. The van der Waals surface area contributed by atoms with E-state index < -0.39 is 38.9 Å². The number of nitrogens with one attached hydrogen (secondary N) is 1. The van der Waals surface area contributed by atoms with Crippen LogP contribution in [0, 0.1) is 11.6 Å². The second-order valence-electron chi connectivity index (χ2n) is 4.97. The van der Waals surface area contributed by atoms with Crippen LogP contribution in [-0.2, 0) is 10.0 Å². The summed E-state index contributed by atoms with van der Waals surface area (Å²) in [4.78, 5) is 11.7. The van der Waals surface area contributed by atoms with Crippen molar-refractivity contribution in [2.45, 2.75) is 6.92 Å². The van der Waals surface area contributed by atoms with Crippen molar-refractivity contribution in [2.24, 2.45) is 0 Å². The van der Waals surface area contributed by atoms with Crippen LogP contribution in [-0.4, -0.2) is 27.2 Å². The lowest BCUT2D eigenvalue weighted by Gasteiger charge is -2.10. The molecule has 0 aliphatic heterocycles. The smallest absolute Gasteiger partial charge is 0.267 e. The van der Waals surface area contributed by atoms with Gasteiger partial charge in [-0.05, 0) is 37.3 Å². The van der Waals surface area contributed by atoms with Crippen molar-refractivity contribution in [3.05, 3.63) is 53.6 Å². The molecule has 2 rings (SSSR count). The Morgan fingerprint density at radius 3 is 2.24 bits per heavy atom. The van der Waals surface area contributed by atoms with Crippen LogP contribution in [0.2, 0.25) is 0 Å². The number of hydrogen-bond donors (Lipinski definition) is 1. The third-order valence-electron chi connectivity index (χ3n) is 2.91. The van der Waals surface area contributed by atoms with Gasteiger partial charge in [-0.15, -0.1) is 0 Å². The van der Waals surface area contributed by atoms with E-state index >= 15 is 0 Å². The maximum atomic E-state index is 14.1. The van der Waals surface area contributed by atoms with Crippen LogP contribution in [0.25, 0.3) is 0 Å². The molecule has 0 heterocycles. The summed E-state index contributed by atoms with van der Waals surface area (Å²) >= 11 is 0. The third kappa shape index (κ3) is 5.15. The van der Waals surface area contributed by atoms with Gasteiger partial charge in [-0.1, -0.05) is 0 Å². The summed E-state index contributed by atoms with van der Waals surface area (Å²) in [6.07, 6.45) is 0.725. The van der Waals surface area contributed by atoms with E-state index in [1.54, 1.807) is 16.9 Å². The van der Waals surface area contributed by atoms with Crippen molar-refractivity contribution in [3.63, 3.8) is 0 Å². The highest BCUT2D eigenvalue weighted by molar-refractivity contribution is 7.89. The molecule has 0 bridgehead atoms. The largest absolute Gasteiger partial charge is 0.494 e. The van der Waals surface area contributed by atoms with Crippen LogP contribution in [0.15, 0.2) is 36.4 Å². The molecule has 9 heteroatoms. The summed E-state index contributed by atoms with van der Waals surface area (Å²) in [5, 5.41) is 0. The lowest BCUT2D eigenvalue weighted by molar-refractivity contribution is 0.0977. The van der Waals surface area contributed by atoms with Gasteiger partial charge in [0.15, 0.2) is 11.6 Å². The zero-order valence-corrected chi connectivity index (χ0v) is 14.2. The van der Waals surface area contributed by atoms with Crippen LogP contribution in [0.5, 0.6) is 17.2 Å². The predicted octanol–water partition coefficient (Wildman–Crippen LogP) is 2.85. The molecular weight excluding hydrogens is 356 g/mol. The van der Waals surface area contributed by atoms with Gasteiger partial charge in [0.2, 0.25) is 10.0 Å². The fourth-order valence-corrected chi connectivity index (χ4v) is 2.35. The Balaban J connectivity index is 2.23. The Hall–Kier alpha value is -2.68. The standard InChI is InChI=1S/C16H15F2NO5S/c1-3-23-10-4-6-11(7-5-10)24-15-9-13(17)12(8-14(15)18)16(20)19-25(2,21)22/h4-9H,3H2,1-2H3,(H,19,20). The van der Waals surface area contributed by atoms with E-state index in [0.29, 0.717) is 24.5 Å². The van der Waals surface area contributed by atoms with Gasteiger partial charge in [-0.25, -0.2) is 21.9 Å². The van der Waals surface area contributed by atoms with E-state index in [9.17, 15) is 22.0 Å². The van der Waals surface area contributed by atoms with E-state index in [2.05, 4.69) is 0 Å². The molecule has 0 radical (unpaired) electrons. The van der Waals surface area contributed by atoms with Gasteiger partial charge in [-0.2, -0.15) is 0 Å². The number of halogens is 2. The lowest BCUT2D eigenvalue weighted by atomic mass is 10.2. The first-order valence-corrected chi connectivity index (χ1v) is 9.00. The van der Waals surface area contributed by atoms with E-state index in [1.807, 2.05) is 6.92 Å². The highest BCUT2D eigenvalue weighted by Crippen LogP contribution is 2.28. The number of amides is 1. The van der Waals surface area contributed by atoms with Crippen molar-refractivity contribution in [2.75, 3.05) is 12.9 Å². The summed E-state index contributed by atoms with van der Waals surface area (Å²) in [6.45, 7) is 2.31. The number of carbonyl (C=O) groups excluding carboxylic acids is 1. The first kappa shape index (κ1) is 18.7. The van der Waals surface area contributed by atoms with Crippen molar-refractivity contribution in [1.29, 1.82) is 0 Å². The molecule has 0 saturated carbocycles. The Labute approximate surface area is 143 Å². The first-order valence-electron chi connectivity index (χ1n) is 7.11. The second kappa shape index (κ2) is 7.47. The SMILES string of the molecule is CCOc1ccc(Oc2cc(F)c(C(=O)NS(C)(=O)=O)cc2F)cc1. The molecule has 25 heavy (non-hydrogen) atoms. The zero-order valence-electron chi connectivity index (χ0n) is 13.4. The fourth-order valence-electron chi connectivity index (χ4n) is 1.90. The molecule has 1 N–H and O–H groups in total. The maximum absolute atomic E-state index is 14.1. The molecule has 1 amide bonds. The van der Waals surface area contributed by atoms with Gasteiger partial charge in [-0.3, -0.25) is 4.79 Å². The van der Waals surface area contributed by atoms with Crippen LogP contribution < -0.4 is 14.2 Å². The average molecular weight is 371 g/mol. The minimum atomic E-state index is -3.90. The minimum absolute atomic E-state index is 0.232. The number of ether oxygens (including phenoxy) is 2. The van der Waals surface area contributed by atoms with Crippen LogP contribution >= 0.6 is 0 Å². The molecule has 2 aromatic rings. The molecule has 0 unspecified atom stereocenters. The normalized spacial score (nSPS) is 11.0. The van der Waals surface area contributed by atoms with E-state index in [-0.39, 0.29) is 5.75 Å². The van der Waals surface area contributed by atoms with Crippen LogP contribution in [0.1, 0.15) is 17.3 Å². The highest BCUT2D eigenvalue weighted by atomic mass is 32.2. The highest BCUT2D eigenvalue weighted by Gasteiger charge is 2.19. The number of carbonyl (C=O) groups is 1. The molecule has 0 aromatic heterocycles. The van der Waals surface area contributed by atoms with Crippen molar-refractivity contribution < 1.29 is 31.5 Å². The second-order valence-corrected chi connectivity index (χ2v) is 6.72. The van der Waals surface area contributed by atoms with Gasteiger partial charge in [0.05, 0.1) is 18.4 Å². The first-order chi connectivity index (χ1) is 11.7. The van der Waals surface area contributed by atoms with Crippen molar-refractivity contribution in [1.82, 2.24) is 4.72 Å². The lowest BCUT2D eigenvalue weighted by Crippen LogP contribution is -2.30.